The van der Waals surface area contributed by atoms with Gasteiger partial charge in [-0.2, -0.15) is 0 Å². The van der Waals surface area contributed by atoms with Gasteiger partial charge in [-0.3, -0.25) is 15.1 Å². The van der Waals surface area contributed by atoms with Crippen molar-refractivity contribution in [1.82, 2.24) is 4.98 Å². The Morgan fingerprint density at radius 2 is 2.04 bits per heavy atom. The lowest BCUT2D eigenvalue weighted by Crippen LogP contribution is -2.35. The van der Waals surface area contributed by atoms with Crippen LogP contribution in [0.4, 0.5) is 11.4 Å². The van der Waals surface area contributed by atoms with Gasteiger partial charge in [0.2, 0.25) is 0 Å². The molecule has 3 heterocycles. The van der Waals surface area contributed by atoms with Gasteiger partial charge >= 0.3 is 11.3 Å². The van der Waals surface area contributed by atoms with Crippen LogP contribution in [0.1, 0.15) is 30.9 Å². The van der Waals surface area contributed by atoms with Gasteiger partial charge in [-0.05, 0) is 43.0 Å². The van der Waals surface area contributed by atoms with Gasteiger partial charge < -0.3 is 9.32 Å². The second kappa shape index (κ2) is 6.59. The molecule has 1 saturated heterocycles. The molecule has 0 bridgehead atoms. The Morgan fingerprint density at radius 3 is 2.81 bits per heavy atom. The Morgan fingerprint density at radius 1 is 1.19 bits per heavy atom. The molecular formula is C19H17N3O4. The normalized spacial score (nSPS) is 17.4. The van der Waals surface area contributed by atoms with Crippen molar-refractivity contribution >= 4 is 22.3 Å². The first-order valence-electron chi connectivity index (χ1n) is 8.53. The van der Waals surface area contributed by atoms with Crippen LogP contribution in [0.5, 0.6) is 0 Å². The standard InChI is InChI=1S/C19H17N3O4/c23-19-18(22(24)25)17(14-7-1-2-9-16(14)26-19)21-11-4-3-8-15(21)13-6-5-10-20-12-13/h1-2,5-7,9-10,12,15H,3-4,8,11H2. The first-order chi connectivity index (χ1) is 12.7. The Balaban J connectivity index is 1.98. The van der Waals surface area contributed by atoms with E-state index in [4.69, 9.17) is 4.42 Å². The summed E-state index contributed by atoms with van der Waals surface area (Å²) < 4.78 is 5.19. The number of anilines is 1. The van der Waals surface area contributed by atoms with E-state index in [1.807, 2.05) is 17.0 Å². The van der Waals surface area contributed by atoms with Crippen molar-refractivity contribution < 1.29 is 9.34 Å². The molecule has 1 unspecified atom stereocenters. The zero-order chi connectivity index (χ0) is 18.1. The first kappa shape index (κ1) is 16.3. The van der Waals surface area contributed by atoms with Crippen molar-refractivity contribution in [2.45, 2.75) is 25.3 Å². The number of rotatable bonds is 3. The summed E-state index contributed by atoms with van der Waals surface area (Å²) in [5, 5.41) is 12.3. The van der Waals surface area contributed by atoms with Gasteiger partial charge in [0.15, 0.2) is 0 Å². The number of benzene rings is 1. The van der Waals surface area contributed by atoms with Crippen molar-refractivity contribution in [3.8, 4) is 0 Å². The summed E-state index contributed by atoms with van der Waals surface area (Å²) in [5.74, 6) is 0. The summed E-state index contributed by atoms with van der Waals surface area (Å²) in [6.45, 7) is 0.633. The fourth-order valence-corrected chi connectivity index (χ4v) is 3.69. The summed E-state index contributed by atoms with van der Waals surface area (Å²) in [4.78, 5) is 29.5. The number of aromatic nitrogens is 1. The number of fused-ring (bicyclic) bond motifs is 1. The van der Waals surface area contributed by atoms with E-state index < -0.39 is 16.2 Å². The van der Waals surface area contributed by atoms with Gasteiger partial charge in [0, 0.05) is 24.3 Å². The highest BCUT2D eigenvalue weighted by molar-refractivity contribution is 5.95. The van der Waals surface area contributed by atoms with Crippen molar-refractivity contribution in [2.24, 2.45) is 0 Å². The van der Waals surface area contributed by atoms with Crippen LogP contribution >= 0.6 is 0 Å². The van der Waals surface area contributed by atoms with E-state index in [0.717, 1.165) is 24.8 Å². The molecule has 3 aromatic rings. The number of hydrogen-bond acceptors (Lipinski definition) is 6. The lowest BCUT2D eigenvalue weighted by atomic mass is 9.95. The lowest BCUT2D eigenvalue weighted by molar-refractivity contribution is -0.386. The molecule has 0 radical (unpaired) electrons. The monoisotopic (exact) mass is 351 g/mol. The minimum Gasteiger partial charge on any atom is -0.418 e. The maximum absolute atomic E-state index is 12.3. The Bertz CT molecular complexity index is 1020. The summed E-state index contributed by atoms with van der Waals surface area (Å²) >= 11 is 0. The van der Waals surface area contributed by atoms with E-state index in [2.05, 4.69) is 4.98 Å². The second-order valence-corrected chi connectivity index (χ2v) is 6.33. The van der Waals surface area contributed by atoms with Gasteiger partial charge in [0.1, 0.15) is 11.3 Å². The molecule has 1 aliphatic heterocycles. The molecule has 0 spiro atoms. The molecule has 7 nitrogen and oxygen atoms in total. The summed E-state index contributed by atoms with van der Waals surface area (Å²) in [6, 6.07) is 10.7. The van der Waals surface area contributed by atoms with Crippen LogP contribution < -0.4 is 10.5 Å². The molecule has 1 aromatic carbocycles. The van der Waals surface area contributed by atoms with Gasteiger partial charge in [-0.15, -0.1) is 0 Å². The summed E-state index contributed by atoms with van der Waals surface area (Å²) in [7, 11) is 0. The van der Waals surface area contributed by atoms with E-state index in [0.29, 0.717) is 23.2 Å². The zero-order valence-corrected chi connectivity index (χ0v) is 14.0. The predicted octanol–water partition coefficient (Wildman–Crippen LogP) is 3.83. The van der Waals surface area contributed by atoms with Crippen molar-refractivity contribution in [3.05, 3.63) is 74.9 Å². The van der Waals surface area contributed by atoms with E-state index in [1.54, 1.807) is 36.7 Å². The Hall–Kier alpha value is -3.22. The molecule has 7 heteroatoms. The van der Waals surface area contributed by atoms with E-state index >= 15 is 0 Å². The smallest absolute Gasteiger partial charge is 0.417 e. The van der Waals surface area contributed by atoms with Gasteiger partial charge in [0.25, 0.3) is 0 Å². The molecule has 1 fully saturated rings. The molecule has 0 aliphatic carbocycles. The Labute approximate surface area is 149 Å². The van der Waals surface area contributed by atoms with Crippen LogP contribution in [0.15, 0.2) is 58.0 Å². The SMILES string of the molecule is O=c1oc2ccccc2c(N2CCCCC2c2cccnc2)c1[N+](=O)[O-]. The number of para-hydroxylation sites is 1. The third-order valence-electron chi connectivity index (χ3n) is 4.80. The topological polar surface area (TPSA) is 89.5 Å². The zero-order valence-electron chi connectivity index (χ0n) is 14.0. The molecule has 0 amide bonds. The van der Waals surface area contributed by atoms with Gasteiger partial charge in [0.05, 0.1) is 11.0 Å². The van der Waals surface area contributed by atoms with Crippen LogP contribution in [0.25, 0.3) is 11.0 Å². The van der Waals surface area contributed by atoms with E-state index in [-0.39, 0.29) is 6.04 Å². The molecule has 1 atom stereocenters. The molecule has 0 saturated carbocycles. The third kappa shape index (κ3) is 2.71. The molecular weight excluding hydrogens is 334 g/mol. The molecule has 26 heavy (non-hydrogen) atoms. The minimum absolute atomic E-state index is 0.0682. The molecule has 0 N–H and O–H groups in total. The van der Waals surface area contributed by atoms with Crippen molar-refractivity contribution in [1.29, 1.82) is 0 Å². The fraction of sp³-hybridized carbons (Fsp3) is 0.263. The highest BCUT2D eigenvalue weighted by Crippen LogP contribution is 2.41. The largest absolute Gasteiger partial charge is 0.418 e. The van der Waals surface area contributed by atoms with Crippen LogP contribution in [0.3, 0.4) is 0 Å². The minimum atomic E-state index is -0.917. The number of hydrogen-bond donors (Lipinski definition) is 0. The fourth-order valence-electron chi connectivity index (χ4n) is 3.69. The molecule has 132 valence electrons. The van der Waals surface area contributed by atoms with Crippen LogP contribution in [-0.4, -0.2) is 16.5 Å². The Kier molecular flexibility index (Phi) is 4.12. The average molecular weight is 351 g/mol. The second-order valence-electron chi connectivity index (χ2n) is 6.33. The van der Waals surface area contributed by atoms with Crippen molar-refractivity contribution in [2.75, 3.05) is 11.4 Å². The number of piperidine rings is 1. The highest BCUT2D eigenvalue weighted by Gasteiger charge is 2.34. The van der Waals surface area contributed by atoms with Crippen LogP contribution in [0, 0.1) is 10.1 Å². The summed E-state index contributed by atoms with van der Waals surface area (Å²) in [6.07, 6.45) is 6.25. The number of pyridine rings is 1. The van der Waals surface area contributed by atoms with Crippen LogP contribution in [-0.2, 0) is 0 Å². The first-order valence-corrected chi connectivity index (χ1v) is 8.53. The molecule has 4 rings (SSSR count). The van der Waals surface area contributed by atoms with E-state index in [1.165, 1.54) is 0 Å². The van der Waals surface area contributed by atoms with Gasteiger partial charge in [-0.1, -0.05) is 18.2 Å². The lowest BCUT2D eigenvalue weighted by Gasteiger charge is -2.37. The van der Waals surface area contributed by atoms with Crippen LogP contribution in [0.2, 0.25) is 0 Å². The molecule has 2 aromatic heterocycles. The average Bonchev–Trinajstić information content (AvgIpc) is 2.67. The molecule has 1 aliphatic rings. The maximum Gasteiger partial charge on any atom is 0.417 e. The number of nitro groups is 1. The number of nitrogens with zero attached hydrogens (tertiary/aromatic N) is 3. The quantitative estimate of drug-likeness (QED) is 0.405. The van der Waals surface area contributed by atoms with Gasteiger partial charge in [-0.25, -0.2) is 4.79 Å². The summed E-state index contributed by atoms with van der Waals surface area (Å²) in [5.41, 5.74) is 0.265. The third-order valence-corrected chi connectivity index (χ3v) is 4.80. The van der Waals surface area contributed by atoms with Crippen molar-refractivity contribution in [3.63, 3.8) is 0 Å². The maximum atomic E-state index is 12.3. The highest BCUT2D eigenvalue weighted by atomic mass is 16.6. The van der Waals surface area contributed by atoms with E-state index in [9.17, 15) is 14.9 Å². The predicted molar refractivity (Wildman–Crippen MR) is 97.3 cm³/mol.